The van der Waals surface area contributed by atoms with Gasteiger partial charge in [0.05, 0.1) is 0 Å². The van der Waals surface area contributed by atoms with Gasteiger partial charge in [-0.05, 0) is 24.7 Å². The molecule has 1 aliphatic rings. The van der Waals surface area contributed by atoms with Crippen LogP contribution < -0.4 is 0 Å². The van der Waals surface area contributed by atoms with Crippen molar-refractivity contribution in [1.82, 2.24) is 0 Å². The molecular formula is C15H29N. The predicted molar refractivity (Wildman–Crippen MR) is 73.3 cm³/mol. The Kier molecular flexibility index (Phi) is 6.08. The minimum atomic E-state index is 0.282. The van der Waals surface area contributed by atoms with Gasteiger partial charge in [0, 0.05) is 12.3 Å². The highest BCUT2D eigenvalue weighted by molar-refractivity contribution is 5.89. The topological polar surface area (TPSA) is 12.4 Å². The highest BCUT2D eigenvalue weighted by atomic mass is 14.7. The van der Waals surface area contributed by atoms with Crippen molar-refractivity contribution in [3.05, 3.63) is 0 Å². The summed E-state index contributed by atoms with van der Waals surface area (Å²) in [7, 11) is 0. The monoisotopic (exact) mass is 223 g/mol. The first-order chi connectivity index (χ1) is 7.61. The molecule has 1 aliphatic heterocycles. The molecule has 0 bridgehead atoms. The Labute approximate surface area is 102 Å². The molecule has 94 valence electrons. The first-order valence-electron chi connectivity index (χ1n) is 7.14. The lowest BCUT2D eigenvalue weighted by molar-refractivity contribution is 0.537. The maximum absolute atomic E-state index is 4.85. The molecule has 0 N–H and O–H groups in total. The van der Waals surface area contributed by atoms with Gasteiger partial charge in [-0.25, -0.2) is 0 Å². The van der Waals surface area contributed by atoms with Gasteiger partial charge in [-0.3, -0.25) is 4.99 Å². The zero-order chi connectivity index (χ0) is 11.9. The molecule has 0 saturated carbocycles. The number of nitrogens with zero attached hydrogens (tertiary/aromatic N) is 1. The molecule has 0 unspecified atom stereocenters. The van der Waals surface area contributed by atoms with Gasteiger partial charge in [0.2, 0.25) is 0 Å². The van der Waals surface area contributed by atoms with Crippen LogP contribution in [0.4, 0.5) is 0 Å². The fourth-order valence-electron chi connectivity index (χ4n) is 2.37. The van der Waals surface area contributed by atoms with Gasteiger partial charge in [-0.1, -0.05) is 59.3 Å². The molecule has 1 rings (SSSR count). The van der Waals surface area contributed by atoms with Gasteiger partial charge >= 0.3 is 0 Å². The summed E-state index contributed by atoms with van der Waals surface area (Å²) in [4.78, 5) is 4.85. The molecule has 1 heterocycles. The summed E-state index contributed by atoms with van der Waals surface area (Å²) in [5.41, 5.74) is 1.73. The smallest absolute Gasteiger partial charge is 0.0388 e. The minimum absolute atomic E-state index is 0.282. The maximum atomic E-state index is 4.85. The van der Waals surface area contributed by atoms with Crippen molar-refractivity contribution in [3.8, 4) is 0 Å². The number of aliphatic imine (C=N–C) groups is 1. The van der Waals surface area contributed by atoms with E-state index in [4.69, 9.17) is 4.99 Å². The normalized spacial score (nSPS) is 21.8. The molecule has 0 saturated heterocycles. The quantitative estimate of drug-likeness (QED) is 0.548. The van der Waals surface area contributed by atoms with E-state index in [1.165, 1.54) is 63.5 Å². The first-order valence-corrected chi connectivity index (χ1v) is 7.14. The van der Waals surface area contributed by atoms with E-state index in [9.17, 15) is 0 Å². The Balaban J connectivity index is 2.50. The van der Waals surface area contributed by atoms with Gasteiger partial charge < -0.3 is 0 Å². The van der Waals surface area contributed by atoms with Crippen LogP contribution in [-0.2, 0) is 0 Å². The lowest BCUT2D eigenvalue weighted by Gasteiger charge is -2.22. The van der Waals surface area contributed by atoms with Gasteiger partial charge in [-0.15, -0.1) is 0 Å². The Morgan fingerprint density at radius 3 is 1.81 bits per heavy atom. The standard InChI is InChI=1S/C15H29N/c1-15(2,3)14-12-10-8-6-4-5-7-9-11-13-16-14/h4-13H2,1-3H3. The third-order valence-electron chi connectivity index (χ3n) is 3.49. The van der Waals surface area contributed by atoms with Crippen molar-refractivity contribution in [1.29, 1.82) is 0 Å². The predicted octanol–water partition coefficient (Wildman–Crippen LogP) is 5.00. The Morgan fingerprint density at radius 2 is 1.25 bits per heavy atom. The van der Waals surface area contributed by atoms with Crippen molar-refractivity contribution in [3.63, 3.8) is 0 Å². The summed E-state index contributed by atoms with van der Waals surface area (Å²) >= 11 is 0. The second-order valence-corrected chi connectivity index (χ2v) is 6.16. The molecule has 0 aromatic rings. The van der Waals surface area contributed by atoms with Crippen LogP contribution in [0.2, 0.25) is 0 Å². The van der Waals surface area contributed by atoms with Gasteiger partial charge in [0.25, 0.3) is 0 Å². The lowest BCUT2D eigenvalue weighted by Crippen LogP contribution is -2.21. The first kappa shape index (κ1) is 13.7. The van der Waals surface area contributed by atoms with Crippen molar-refractivity contribution in [2.45, 2.75) is 78.6 Å². The molecule has 0 aromatic carbocycles. The Hall–Kier alpha value is -0.330. The van der Waals surface area contributed by atoms with Crippen LogP contribution in [0, 0.1) is 5.41 Å². The highest BCUT2D eigenvalue weighted by Crippen LogP contribution is 2.22. The zero-order valence-corrected chi connectivity index (χ0v) is 11.5. The van der Waals surface area contributed by atoms with Gasteiger partial charge in [0.1, 0.15) is 0 Å². The minimum Gasteiger partial charge on any atom is -0.294 e. The molecule has 0 aliphatic carbocycles. The van der Waals surface area contributed by atoms with E-state index in [-0.39, 0.29) is 5.41 Å². The van der Waals surface area contributed by atoms with Gasteiger partial charge in [-0.2, -0.15) is 0 Å². The molecule has 16 heavy (non-hydrogen) atoms. The fraction of sp³-hybridized carbons (Fsp3) is 0.933. The molecule has 0 aromatic heterocycles. The zero-order valence-electron chi connectivity index (χ0n) is 11.5. The van der Waals surface area contributed by atoms with Crippen LogP contribution in [0.5, 0.6) is 0 Å². The van der Waals surface area contributed by atoms with E-state index in [1.54, 1.807) is 0 Å². The number of hydrogen-bond acceptors (Lipinski definition) is 1. The van der Waals surface area contributed by atoms with Crippen molar-refractivity contribution in [2.24, 2.45) is 10.4 Å². The van der Waals surface area contributed by atoms with Crippen LogP contribution in [-0.4, -0.2) is 12.3 Å². The van der Waals surface area contributed by atoms with E-state index in [0.717, 1.165) is 6.54 Å². The Morgan fingerprint density at radius 1 is 0.750 bits per heavy atom. The van der Waals surface area contributed by atoms with Crippen LogP contribution in [0.15, 0.2) is 4.99 Å². The van der Waals surface area contributed by atoms with Gasteiger partial charge in [0.15, 0.2) is 0 Å². The van der Waals surface area contributed by atoms with E-state index >= 15 is 0 Å². The van der Waals surface area contributed by atoms with Crippen molar-refractivity contribution in [2.75, 3.05) is 6.54 Å². The summed E-state index contributed by atoms with van der Waals surface area (Å²) in [6, 6.07) is 0. The van der Waals surface area contributed by atoms with E-state index < -0.39 is 0 Å². The average molecular weight is 223 g/mol. The third-order valence-corrected chi connectivity index (χ3v) is 3.49. The fourth-order valence-corrected chi connectivity index (χ4v) is 2.37. The Bertz CT molecular complexity index is 210. The summed E-state index contributed by atoms with van der Waals surface area (Å²) in [5, 5.41) is 0. The van der Waals surface area contributed by atoms with Crippen LogP contribution >= 0.6 is 0 Å². The summed E-state index contributed by atoms with van der Waals surface area (Å²) < 4.78 is 0. The van der Waals surface area contributed by atoms with Crippen LogP contribution in [0.3, 0.4) is 0 Å². The highest BCUT2D eigenvalue weighted by Gasteiger charge is 2.17. The molecule has 0 spiro atoms. The number of hydrogen-bond donors (Lipinski definition) is 0. The third kappa shape index (κ3) is 5.67. The van der Waals surface area contributed by atoms with E-state index in [0.29, 0.717) is 0 Å². The summed E-state index contributed by atoms with van der Waals surface area (Å²) in [6.45, 7) is 7.97. The van der Waals surface area contributed by atoms with E-state index in [1.807, 2.05) is 0 Å². The average Bonchev–Trinajstić information content (AvgIpc) is 2.16. The maximum Gasteiger partial charge on any atom is 0.0388 e. The summed E-state index contributed by atoms with van der Waals surface area (Å²) in [6.07, 6.45) is 12.4. The molecule has 0 atom stereocenters. The second kappa shape index (κ2) is 7.09. The number of rotatable bonds is 0. The van der Waals surface area contributed by atoms with E-state index in [2.05, 4.69) is 20.8 Å². The molecule has 0 amide bonds. The van der Waals surface area contributed by atoms with Crippen molar-refractivity contribution >= 4 is 5.71 Å². The van der Waals surface area contributed by atoms with Crippen molar-refractivity contribution < 1.29 is 0 Å². The molecule has 0 radical (unpaired) electrons. The lowest BCUT2D eigenvalue weighted by atomic mass is 9.86. The van der Waals surface area contributed by atoms with Crippen LogP contribution in [0.1, 0.15) is 78.6 Å². The second-order valence-electron chi connectivity index (χ2n) is 6.16. The largest absolute Gasteiger partial charge is 0.294 e. The molecule has 0 fully saturated rings. The van der Waals surface area contributed by atoms with Crippen LogP contribution in [0.25, 0.3) is 0 Å². The SMILES string of the molecule is CC(C)(C)C1=NCCCCCCCCCC1. The molecule has 1 nitrogen and oxygen atoms in total. The molecular weight excluding hydrogens is 194 g/mol. The molecule has 1 heteroatoms. The summed E-state index contributed by atoms with van der Waals surface area (Å²) in [5.74, 6) is 0.